The van der Waals surface area contributed by atoms with Gasteiger partial charge in [0.05, 0.1) is 13.2 Å². The van der Waals surface area contributed by atoms with Crippen LogP contribution in [0.3, 0.4) is 0 Å². The van der Waals surface area contributed by atoms with Crippen molar-refractivity contribution in [3.05, 3.63) is 23.9 Å². The van der Waals surface area contributed by atoms with Crippen molar-refractivity contribution in [2.45, 2.75) is 12.5 Å². The van der Waals surface area contributed by atoms with Crippen LogP contribution in [-0.2, 0) is 0 Å². The number of hydrogen-bond donors (Lipinski definition) is 1. The molecule has 4 nitrogen and oxygen atoms in total. The highest BCUT2D eigenvalue weighted by Gasteiger charge is 2.30. The number of pyridine rings is 1. The predicted octanol–water partition coefficient (Wildman–Crippen LogP) is 2.15. The van der Waals surface area contributed by atoms with Gasteiger partial charge in [0.15, 0.2) is 0 Å². The summed E-state index contributed by atoms with van der Waals surface area (Å²) in [4.78, 5) is 5.79. The Morgan fingerprint density at radius 1 is 1.25 bits per heavy atom. The minimum atomic E-state index is -2.42. The van der Waals surface area contributed by atoms with E-state index in [1.165, 1.54) is 13.3 Å². The fourth-order valence-electron chi connectivity index (χ4n) is 2.16. The number of piperazine rings is 1. The first-order valence-corrected chi connectivity index (χ1v) is 5.95. The fourth-order valence-corrected chi connectivity index (χ4v) is 2.16. The highest BCUT2D eigenvalue weighted by atomic mass is 35.5. The molecule has 0 spiro atoms. The molecule has 0 unspecified atom stereocenters. The summed E-state index contributed by atoms with van der Waals surface area (Å²) in [5, 5.41) is 3.16. The smallest absolute Gasteiger partial charge is 0.258 e. The third kappa shape index (κ3) is 4.70. The van der Waals surface area contributed by atoms with Gasteiger partial charge >= 0.3 is 0 Å². The van der Waals surface area contributed by atoms with Crippen LogP contribution >= 0.6 is 24.8 Å². The Kier molecular flexibility index (Phi) is 8.96. The second-order valence-electron chi connectivity index (χ2n) is 4.20. The quantitative estimate of drug-likeness (QED) is 0.918. The molecule has 116 valence electrons. The molecule has 1 atom stereocenters. The zero-order valence-corrected chi connectivity index (χ0v) is 12.7. The normalized spacial score (nSPS) is 17.0. The van der Waals surface area contributed by atoms with E-state index < -0.39 is 12.5 Å². The Bertz CT molecular complexity index is 375. The van der Waals surface area contributed by atoms with Crippen molar-refractivity contribution >= 4 is 24.8 Å². The Hall–Kier alpha value is -0.690. The second kappa shape index (κ2) is 9.28. The van der Waals surface area contributed by atoms with Crippen LogP contribution in [0, 0.1) is 0 Å². The van der Waals surface area contributed by atoms with E-state index in [1.54, 1.807) is 17.0 Å². The standard InChI is InChI=1S/C12H17F2N3O.2ClH/c1-18-10-3-2-9(8-16-10)11(12(13)14)17-6-4-15-5-7-17;;/h2-3,8,11-12,15H,4-7H2,1H3;2*1H/t11-;;/m0../s1. The molecule has 0 aromatic carbocycles. The summed E-state index contributed by atoms with van der Waals surface area (Å²) in [6.45, 7) is 2.74. The number of alkyl halides is 2. The number of hydrogen-bond acceptors (Lipinski definition) is 4. The maximum atomic E-state index is 13.2. The molecule has 0 radical (unpaired) electrons. The molecule has 0 saturated carbocycles. The lowest BCUT2D eigenvalue weighted by Crippen LogP contribution is -2.46. The topological polar surface area (TPSA) is 37.4 Å². The summed E-state index contributed by atoms with van der Waals surface area (Å²) in [6, 6.07) is 2.39. The first kappa shape index (κ1) is 19.3. The minimum Gasteiger partial charge on any atom is -0.481 e. The predicted molar refractivity (Wildman–Crippen MR) is 78.5 cm³/mol. The largest absolute Gasteiger partial charge is 0.481 e. The summed E-state index contributed by atoms with van der Waals surface area (Å²) < 4.78 is 31.4. The van der Waals surface area contributed by atoms with Gasteiger partial charge < -0.3 is 10.1 Å². The molecular formula is C12H19Cl2F2N3O. The van der Waals surface area contributed by atoms with Gasteiger partial charge in [-0.2, -0.15) is 0 Å². The lowest BCUT2D eigenvalue weighted by molar-refractivity contribution is 0.0180. The maximum Gasteiger partial charge on any atom is 0.258 e. The first-order valence-electron chi connectivity index (χ1n) is 5.95. The Morgan fingerprint density at radius 2 is 1.90 bits per heavy atom. The molecule has 2 rings (SSSR count). The van der Waals surface area contributed by atoms with Crippen molar-refractivity contribution in [1.82, 2.24) is 15.2 Å². The van der Waals surface area contributed by atoms with Gasteiger partial charge in [0.25, 0.3) is 6.43 Å². The molecular weight excluding hydrogens is 311 g/mol. The molecule has 1 aliphatic heterocycles. The van der Waals surface area contributed by atoms with Gasteiger partial charge in [-0.15, -0.1) is 24.8 Å². The van der Waals surface area contributed by atoms with Crippen molar-refractivity contribution in [1.29, 1.82) is 0 Å². The molecule has 2 heterocycles. The highest BCUT2D eigenvalue weighted by Crippen LogP contribution is 2.28. The van der Waals surface area contributed by atoms with Crippen LogP contribution in [0.2, 0.25) is 0 Å². The molecule has 1 N–H and O–H groups in total. The van der Waals surface area contributed by atoms with Gasteiger partial charge in [-0.1, -0.05) is 6.07 Å². The van der Waals surface area contributed by atoms with E-state index in [2.05, 4.69) is 10.3 Å². The third-order valence-corrected chi connectivity index (χ3v) is 3.09. The van der Waals surface area contributed by atoms with Crippen molar-refractivity contribution in [3.63, 3.8) is 0 Å². The summed E-state index contributed by atoms with van der Waals surface area (Å²) >= 11 is 0. The summed E-state index contributed by atoms with van der Waals surface area (Å²) in [6.07, 6.45) is -0.948. The molecule has 0 amide bonds. The van der Waals surface area contributed by atoms with Crippen LogP contribution in [0.15, 0.2) is 18.3 Å². The van der Waals surface area contributed by atoms with Gasteiger partial charge in [-0.25, -0.2) is 13.8 Å². The molecule has 0 aliphatic carbocycles. The number of nitrogens with zero attached hydrogens (tertiary/aromatic N) is 2. The van der Waals surface area contributed by atoms with Crippen LogP contribution in [0.25, 0.3) is 0 Å². The molecule has 20 heavy (non-hydrogen) atoms. The van der Waals surface area contributed by atoms with E-state index in [4.69, 9.17) is 4.74 Å². The van der Waals surface area contributed by atoms with Gasteiger partial charge in [0.1, 0.15) is 0 Å². The van der Waals surface area contributed by atoms with Crippen LogP contribution in [0.5, 0.6) is 5.88 Å². The Balaban J connectivity index is 0.00000180. The van der Waals surface area contributed by atoms with Crippen LogP contribution in [0.1, 0.15) is 11.6 Å². The number of aromatic nitrogens is 1. The van der Waals surface area contributed by atoms with Gasteiger partial charge in [-0.05, 0) is 5.56 Å². The number of methoxy groups -OCH3 is 1. The maximum absolute atomic E-state index is 13.2. The van der Waals surface area contributed by atoms with E-state index in [0.717, 1.165) is 13.1 Å². The van der Waals surface area contributed by atoms with Gasteiger partial charge in [-0.3, -0.25) is 4.90 Å². The number of nitrogens with one attached hydrogen (secondary N) is 1. The van der Waals surface area contributed by atoms with Gasteiger partial charge in [0.2, 0.25) is 5.88 Å². The van der Waals surface area contributed by atoms with Crippen molar-refractivity contribution in [2.75, 3.05) is 33.3 Å². The molecule has 1 aromatic heterocycles. The van der Waals surface area contributed by atoms with Crippen molar-refractivity contribution in [3.8, 4) is 5.88 Å². The molecule has 0 bridgehead atoms. The lowest BCUT2D eigenvalue weighted by Gasteiger charge is -2.34. The van der Waals surface area contributed by atoms with Crippen LogP contribution in [0.4, 0.5) is 8.78 Å². The van der Waals surface area contributed by atoms with Crippen molar-refractivity contribution in [2.24, 2.45) is 0 Å². The zero-order chi connectivity index (χ0) is 13.0. The summed E-state index contributed by atoms with van der Waals surface area (Å²) in [7, 11) is 1.50. The number of halogens is 4. The minimum absolute atomic E-state index is 0. The zero-order valence-electron chi connectivity index (χ0n) is 11.1. The number of ether oxygens (including phenoxy) is 1. The van der Waals surface area contributed by atoms with Crippen molar-refractivity contribution < 1.29 is 13.5 Å². The average molecular weight is 330 g/mol. The third-order valence-electron chi connectivity index (χ3n) is 3.09. The summed E-state index contributed by atoms with van der Waals surface area (Å²) in [5.74, 6) is 0.437. The number of rotatable bonds is 4. The molecule has 1 fully saturated rings. The first-order chi connectivity index (χ1) is 8.72. The van der Waals surface area contributed by atoms with E-state index >= 15 is 0 Å². The Morgan fingerprint density at radius 3 is 2.35 bits per heavy atom. The lowest BCUT2D eigenvalue weighted by atomic mass is 10.1. The van der Waals surface area contributed by atoms with Crippen LogP contribution < -0.4 is 10.1 Å². The summed E-state index contributed by atoms with van der Waals surface area (Å²) in [5.41, 5.74) is 0.535. The SMILES string of the molecule is COc1ccc([C@@H](C(F)F)N2CCNCC2)cn1.Cl.Cl. The molecule has 1 aliphatic rings. The fraction of sp³-hybridized carbons (Fsp3) is 0.583. The Labute approximate surface area is 129 Å². The monoisotopic (exact) mass is 329 g/mol. The van der Waals surface area contributed by atoms with E-state index in [9.17, 15) is 8.78 Å². The average Bonchev–Trinajstić information content (AvgIpc) is 2.40. The van der Waals surface area contributed by atoms with Crippen LogP contribution in [-0.4, -0.2) is 49.6 Å². The van der Waals surface area contributed by atoms with E-state index in [-0.39, 0.29) is 24.8 Å². The van der Waals surface area contributed by atoms with E-state index in [1.807, 2.05) is 0 Å². The van der Waals surface area contributed by atoms with E-state index in [0.29, 0.717) is 24.5 Å². The molecule has 8 heteroatoms. The highest BCUT2D eigenvalue weighted by molar-refractivity contribution is 5.85. The van der Waals surface area contributed by atoms with Gasteiger partial charge in [0, 0.05) is 38.4 Å². The molecule has 1 aromatic rings. The molecule has 1 saturated heterocycles. The second-order valence-corrected chi connectivity index (χ2v) is 4.20.